The van der Waals surface area contributed by atoms with Crippen LogP contribution < -0.4 is 10.5 Å². The molecule has 33 heavy (non-hydrogen) atoms. The fourth-order valence-corrected chi connectivity index (χ4v) is 4.23. The summed E-state index contributed by atoms with van der Waals surface area (Å²) < 4.78 is 21.3. The standard InChI is InChI=1S/C24H26FN7O/c1-2-33-24-29-21(26)20-23(30-24)32(22(28-20)18-11-19(25)13-27-12-18)15-17-7-5-16(6-8-17)14-31-9-3-4-10-31/h5-8,11-13H,2-4,9-10,14-15H2,1H3,(H2,26,29,30). The molecule has 0 unspecified atom stereocenters. The van der Waals surface area contributed by atoms with Gasteiger partial charge in [0.25, 0.3) is 0 Å². The van der Waals surface area contributed by atoms with E-state index in [1.165, 1.54) is 24.5 Å². The zero-order chi connectivity index (χ0) is 22.8. The summed E-state index contributed by atoms with van der Waals surface area (Å²) >= 11 is 0. The third-order valence-corrected chi connectivity index (χ3v) is 5.81. The number of nitrogens with two attached hydrogens (primary N) is 1. The first-order valence-electron chi connectivity index (χ1n) is 11.2. The molecule has 5 rings (SSSR count). The summed E-state index contributed by atoms with van der Waals surface area (Å²) in [4.78, 5) is 19.9. The largest absolute Gasteiger partial charge is 0.464 e. The number of imidazole rings is 1. The second kappa shape index (κ2) is 9.11. The molecule has 0 atom stereocenters. The SMILES string of the molecule is CCOc1nc(N)c2nc(-c3cncc(F)c3)n(Cc3ccc(CN4CCCC4)cc3)c2n1. The van der Waals surface area contributed by atoms with Crippen molar-refractivity contribution in [1.29, 1.82) is 0 Å². The van der Waals surface area contributed by atoms with Gasteiger partial charge in [0.1, 0.15) is 11.6 Å². The molecule has 1 saturated heterocycles. The van der Waals surface area contributed by atoms with E-state index in [2.05, 4.69) is 49.1 Å². The highest BCUT2D eigenvalue weighted by Crippen LogP contribution is 2.28. The average molecular weight is 448 g/mol. The minimum atomic E-state index is -0.438. The lowest BCUT2D eigenvalue weighted by atomic mass is 10.1. The molecule has 0 amide bonds. The van der Waals surface area contributed by atoms with Crippen molar-refractivity contribution in [2.45, 2.75) is 32.9 Å². The highest BCUT2D eigenvalue weighted by atomic mass is 19.1. The van der Waals surface area contributed by atoms with E-state index in [0.29, 0.717) is 35.7 Å². The smallest absolute Gasteiger partial charge is 0.320 e. The number of hydrogen-bond acceptors (Lipinski definition) is 7. The number of pyridine rings is 1. The van der Waals surface area contributed by atoms with E-state index >= 15 is 0 Å². The molecule has 170 valence electrons. The van der Waals surface area contributed by atoms with Crippen LogP contribution in [0.15, 0.2) is 42.7 Å². The molecule has 0 radical (unpaired) electrons. The van der Waals surface area contributed by atoms with Gasteiger partial charge in [-0.05, 0) is 50.0 Å². The molecule has 3 aromatic heterocycles. The number of ether oxygens (including phenoxy) is 1. The Kier molecular flexibility index (Phi) is 5.87. The maximum Gasteiger partial charge on any atom is 0.320 e. The van der Waals surface area contributed by atoms with Crippen molar-refractivity contribution in [2.75, 3.05) is 25.4 Å². The summed E-state index contributed by atoms with van der Waals surface area (Å²) in [7, 11) is 0. The quantitative estimate of drug-likeness (QED) is 0.462. The second-order valence-electron chi connectivity index (χ2n) is 8.21. The van der Waals surface area contributed by atoms with Crippen molar-refractivity contribution in [2.24, 2.45) is 0 Å². The lowest BCUT2D eigenvalue weighted by molar-refractivity contribution is 0.314. The fraction of sp³-hybridized carbons (Fsp3) is 0.333. The van der Waals surface area contributed by atoms with Crippen LogP contribution in [0.1, 0.15) is 30.9 Å². The maximum atomic E-state index is 13.9. The number of anilines is 1. The van der Waals surface area contributed by atoms with Crippen LogP contribution in [0.4, 0.5) is 10.2 Å². The molecule has 0 saturated carbocycles. The number of halogens is 1. The molecule has 1 fully saturated rings. The number of hydrogen-bond donors (Lipinski definition) is 1. The molecule has 4 heterocycles. The van der Waals surface area contributed by atoms with E-state index in [4.69, 9.17) is 10.5 Å². The van der Waals surface area contributed by atoms with Gasteiger partial charge in [-0.3, -0.25) is 9.88 Å². The van der Waals surface area contributed by atoms with Gasteiger partial charge in [-0.2, -0.15) is 9.97 Å². The molecule has 1 aliphatic rings. The van der Waals surface area contributed by atoms with E-state index in [-0.39, 0.29) is 11.8 Å². The first-order valence-corrected chi connectivity index (χ1v) is 11.2. The van der Waals surface area contributed by atoms with Crippen LogP contribution in [0.25, 0.3) is 22.6 Å². The maximum absolute atomic E-state index is 13.9. The molecule has 0 spiro atoms. The number of rotatable bonds is 7. The highest BCUT2D eigenvalue weighted by molar-refractivity contribution is 5.85. The van der Waals surface area contributed by atoms with Crippen LogP contribution in [0, 0.1) is 5.82 Å². The van der Waals surface area contributed by atoms with Crippen molar-refractivity contribution < 1.29 is 9.13 Å². The topological polar surface area (TPSA) is 95.0 Å². The van der Waals surface area contributed by atoms with Gasteiger partial charge in [-0.25, -0.2) is 9.37 Å². The summed E-state index contributed by atoms with van der Waals surface area (Å²) in [6.07, 6.45) is 5.29. The lowest BCUT2D eigenvalue weighted by Crippen LogP contribution is -2.18. The summed E-state index contributed by atoms with van der Waals surface area (Å²) in [6, 6.07) is 10.1. The number of aromatic nitrogens is 5. The Morgan fingerprint density at radius 2 is 1.73 bits per heavy atom. The Bertz CT molecular complexity index is 1270. The lowest BCUT2D eigenvalue weighted by Gasteiger charge is -2.15. The van der Waals surface area contributed by atoms with Gasteiger partial charge in [0.2, 0.25) is 0 Å². The number of nitrogen functional groups attached to an aromatic ring is 1. The van der Waals surface area contributed by atoms with Crippen molar-refractivity contribution in [3.05, 3.63) is 59.7 Å². The van der Waals surface area contributed by atoms with Gasteiger partial charge >= 0.3 is 6.01 Å². The van der Waals surface area contributed by atoms with Crippen LogP contribution in [0.3, 0.4) is 0 Å². The Balaban J connectivity index is 1.54. The van der Waals surface area contributed by atoms with Gasteiger partial charge < -0.3 is 15.0 Å². The van der Waals surface area contributed by atoms with E-state index < -0.39 is 5.82 Å². The molecule has 9 heteroatoms. The minimum absolute atomic E-state index is 0.188. The molecule has 8 nitrogen and oxygen atoms in total. The Hall–Kier alpha value is -3.59. The third kappa shape index (κ3) is 4.49. The van der Waals surface area contributed by atoms with Gasteiger partial charge in [0.05, 0.1) is 19.3 Å². The first-order chi connectivity index (χ1) is 16.1. The Morgan fingerprint density at radius 1 is 1.00 bits per heavy atom. The zero-order valence-corrected chi connectivity index (χ0v) is 18.5. The molecule has 1 aromatic carbocycles. The van der Waals surface area contributed by atoms with Crippen LogP contribution >= 0.6 is 0 Å². The number of nitrogens with zero attached hydrogens (tertiary/aromatic N) is 6. The summed E-state index contributed by atoms with van der Waals surface area (Å²) in [5.41, 5.74) is 10.0. The van der Waals surface area contributed by atoms with E-state index in [0.717, 1.165) is 31.4 Å². The van der Waals surface area contributed by atoms with Gasteiger partial charge in [0, 0.05) is 18.3 Å². The van der Waals surface area contributed by atoms with Gasteiger partial charge in [-0.1, -0.05) is 24.3 Å². The van der Waals surface area contributed by atoms with E-state index in [1.54, 1.807) is 6.20 Å². The van der Waals surface area contributed by atoms with Crippen molar-refractivity contribution in [3.63, 3.8) is 0 Å². The fourth-order valence-electron chi connectivity index (χ4n) is 4.23. The first kappa shape index (κ1) is 21.3. The molecular weight excluding hydrogens is 421 g/mol. The van der Waals surface area contributed by atoms with Crippen LogP contribution in [0.5, 0.6) is 6.01 Å². The van der Waals surface area contributed by atoms with Gasteiger partial charge in [-0.15, -0.1) is 0 Å². The molecule has 2 N–H and O–H groups in total. The van der Waals surface area contributed by atoms with Crippen LogP contribution in [-0.4, -0.2) is 49.1 Å². The molecular formula is C24H26FN7O. The summed E-state index contributed by atoms with van der Waals surface area (Å²) in [6.45, 7) is 6.05. The third-order valence-electron chi connectivity index (χ3n) is 5.81. The van der Waals surface area contributed by atoms with Crippen LogP contribution in [0.2, 0.25) is 0 Å². The molecule has 1 aliphatic heterocycles. The summed E-state index contributed by atoms with van der Waals surface area (Å²) in [5, 5.41) is 0. The van der Waals surface area contributed by atoms with Crippen molar-refractivity contribution in [3.8, 4) is 17.4 Å². The predicted octanol–water partition coefficient (Wildman–Crippen LogP) is 3.65. The zero-order valence-electron chi connectivity index (χ0n) is 18.5. The van der Waals surface area contributed by atoms with E-state index in [9.17, 15) is 4.39 Å². The molecule has 4 aromatic rings. The molecule has 0 aliphatic carbocycles. The number of benzene rings is 1. The Morgan fingerprint density at radius 3 is 2.42 bits per heavy atom. The average Bonchev–Trinajstić information content (AvgIpc) is 3.44. The monoisotopic (exact) mass is 447 g/mol. The van der Waals surface area contributed by atoms with Crippen molar-refractivity contribution in [1.82, 2.24) is 29.4 Å². The number of likely N-dealkylation sites (tertiary alicyclic amines) is 1. The predicted molar refractivity (Wildman–Crippen MR) is 124 cm³/mol. The van der Waals surface area contributed by atoms with E-state index in [1.807, 2.05) is 11.5 Å². The minimum Gasteiger partial charge on any atom is -0.464 e. The normalized spacial score (nSPS) is 14.2. The highest BCUT2D eigenvalue weighted by Gasteiger charge is 2.19. The van der Waals surface area contributed by atoms with Crippen LogP contribution in [-0.2, 0) is 13.1 Å². The number of fused-ring (bicyclic) bond motifs is 1. The second-order valence-corrected chi connectivity index (χ2v) is 8.21. The Labute approximate surface area is 191 Å². The van der Waals surface area contributed by atoms with Crippen molar-refractivity contribution >= 4 is 17.0 Å². The summed E-state index contributed by atoms with van der Waals surface area (Å²) in [5.74, 6) is 0.299. The van der Waals surface area contributed by atoms with Gasteiger partial charge in [0.15, 0.2) is 17.0 Å². The molecule has 0 bridgehead atoms.